The Bertz CT molecular complexity index is 684. The monoisotopic (exact) mass is 306 g/mol. The lowest BCUT2D eigenvalue weighted by molar-refractivity contribution is 0.101. The molecule has 0 aliphatic rings. The highest BCUT2D eigenvalue weighted by atomic mass is 19.1. The zero-order valence-electron chi connectivity index (χ0n) is 12.4. The van der Waals surface area contributed by atoms with Crippen molar-refractivity contribution < 1.29 is 23.0 Å². The molecule has 0 amide bonds. The molecule has 0 atom stereocenters. The van der Waals surface area contributed by atoms with Gasteiger partial charge in [-0.15, -0.1) is 0 Å². The highest BCUT2D eigenvalue weighted by Gasteiger charge is 2.10. The number of halogens is 2. The summed E-state index contributed by atoms with van der Waals surface area (Å²) in [6, 6.07) is 8.09. The third-order valence-corrected chi connectivity index (χ3v) is 3.04. The molecule has 2 aromatic carbocycles. The molecule has 0 bridgehead atoms. The Hall–Kier alpha value is -2.43. The summed E-state index contributed by atoms with van der Waals surface area (Å²) in [7, 11) is 0. The Labute approximate surface area is 127 Å². The fourth-order valence-corrected chi connectivity index (χ4v) is 1.96. The molecule has 0 fully saturated rings. The van der Waals surface area contributed by atoms with Crippen molar-refractivity contribution in [1.29, 1.82) is 0 Å². The van der Waals surface area contributed by atoms with Gasteiger partial charge in [0.25, 0.3) is 0 Å². The van der Waals surface area contributed by atoms with Gasteiger partial charge in [0.2, 0.25) is 0 Å². The molecular formula is C17H16F2O3. The third-order valence-electron chi connectivity index (χ3n) is 3.04. The maximum Gasteiger partial charge on any atom is 0.167 e. The Kier molecular flexibility index (Phi) is 5.09. The van der Waals surface area contributed by atoms with Crippen molar-refractivity contribution in [3.05, 3.63) is 59.2 Å². The van der Waals surface area contributed by atoms with E-state index >= 15 is 0 Å². The second-order valence-corrected chi connectivity index (χ2v) is 4.68. The zero-order chi connectivity index (χ0) is 16.1. The minimum atomic E-state index is -0.777. The molecule has 0 unspecified atom stereocenters. The predicted molar refractivity (Wildman–Crippen MR) is 78.3 cm³/mol. The topological polar surface area (TPSA) is 35.5 Å². The van der Waals surface area contributed by atoms with Crippen LogP contribution in [0.4, 0.5) is 8.78 Å². The summed E-state index contributed by atoms with van der Waals surface area (Å²) in [4.78, 5) is 11.4. The van der Waals surface area contributed by atoms with Gasteiger partial charge in [-0.1, -0.05) is 0 Å². The minimum absolute atomic E-state index is 0.0129. The van der Waals surface area contributed by atoms with Crippen LogP contribution in [0.2, 0.25) is 0 Å². The maximum atomic E-state index is 13.6. The fraction of sp³-hybridized carbons (Fsp3) is 0.235. The van der Waals surface area contributed by atoms with E-state index in [9.17, 15) is 13.6 Å². The van der Waals surface area contributed by atoms with Gasteiger partial charge < -0.3 is 9.47 Å². The van der Waals surface area contributed by atoms with Crippen LogP contribution >= 0.6 is 0 Å². The van der Waals surface area contributed by atoms with Crippen molar-refractivity contribution >= 4 is 5.78 Å². The lowest BCUT2D eigenvalue weighted by Gasteiger charge is -2.13. The highest BCUT2D eigenvalue weighted by Crippen LogP contribution is 2.24. The molecule has 0 saturated carbocycles. The van der Waals surface area contributed by atoms with Crippen LogP contribution in [0.25, 0.3) is 0 Å². The molecule has 5 heteroatoms. The van der Waals surface area contributed by atoms with E-state index in [1.807, 2.05) is 6.92 Å². The van der Waals surface area contributed by atoms with Crippen molar-refractivity contribution in [1.82, 2.24) is 0 Å². The Morgan fingerprint density at radius 1 is 1.05 bits per heavy atom. The van der Waals surface area contributed by atoms with Crippen LogP contribution in [0.5, 0.6) is 11.5 Å². The first-order valence-electron chi connectivity index (χ1n) is 6.85. The van der Waals surface area contributed by atoms with E-state index in [1.54, 1.807) is 18.2 Å². The molecule has 0 saturated heterocycles. The van der Waals surface area contributed by atoms with Crippen LogP contribution in [0, 0.1) is 11.6 Å². The van der Waals surface area contributed by atoms with Crippen LogP contribution in [0.3, 0.4) is 0 Å². The van der Waals surface area contributed by atoms with Gasteiger partial charge in [0.15, 0.2) is 17.3 Å². The largest absolute Gasteiger partial charge is 0.493 e. The Balaban J connectivity index is 2.22. The van der Waals surface area contributed by atoms with Gasteiger partial charge in [-0.2, -0.15) is 0 Å². The lowest BCUT2D eigenvalue weighted by atomic mass is 10.1. The number of Topliss-reactive ketones (excluding diaryl/α,β-unsaturated/α-hetero) is 1. The van der Waals surface area contributed by atoms with Crippen molar-refractivity contribution in [3.63, 3.8) is 0 Å². The predicted octanol–water partition coefficient (Wildman–Crippen LogP) is 4.15. The van der Waals surface area contributed by atoms with Gasteiger partial charge in [0.05, 0.1) is 6.61 Å². The molecular weight excluding hydrogens is 290 g/mol. The number of hydrogen-bond donors (Lipinski definition) is 0. The molecule has 0 spiro atoms. The van der Waals surface area contributed by atoms with Gasteiger partial charge in [-0.05, 0) is 44.2 Å². The van der Waals surface area contributed by atoms with Gasteiger partial charge in [-0.3, -0.25) is 4.79 Å². The van der Waals surface area contributed by atoms with E-state index in [4.69, 9.17) is 9.47 Å². The number of carbonyl (C=O) groups is 1. The van der Waals surface area contributed by atoms with Crippen LogP contribution in [-0.2, 0) is 6.61 Å². The standard InChI is InChI=1S/C17H16F2O3/c1-3-21-16-6-4-12(11(2)20)8-13(16)10-22-17-7-5-14(18)9-15(17)19/h4-9H,3,10H2,1-2H3. The van der Waals surface area contributed by atoms with E-state index in [1.165, 1.54) is 13.0 Å². The van der Waals surface area contributed by atoms with Gasteiger partial charge in [0.1, 0.15) is 18.2 Å². The molecule has 2 rings (SSSR count). The third kappa shape index (κ3) is 3.81. The van der Waals surface area contributed by atoms with E-state index < -0.39 is 11.6 Å². The number of benzene rings is 2. The maximum absolute atomic E-state index is 13.6. The van der Waals surface area contributed by atoms with Crippen LogP contribution < -0.4 is 9.47 Å². The second-order valence-electron chi connectivity index (χ2n) is 4.68. The first-order chi connectivity index (χ1) is 10.5. The smallest absolute Gasteiger partial charge is 0.167 e. The number of ketones is 1. The van der Waals surface area contributed by atoms with E-state index in [0.717, 1.165) is 12.1 Å². The van der Waals surface area contributed by atoms with Crippen LogP contribution in [0.1, 0.15) is 29.8 Å². The van der Waals surface area contributed by atoms with Gasteiger partial charge >= 0.3 is 0 Å². The average Bonchev–Trinajstić information content (AvgIpc) is 2.47. The minimum Gasteiger partial charge on any atom is -0.493 e. The summed E-state index contributed by atoms with van der Waals surface area (Å²) >= 11 is 0. The molecule has 3 nitrogen and oxygen atoms in total. The number of carbonyl (C=O) groups excluding carboxylic acids is 1. The highest BCUT2D eigenvalue weighted by molar-refractivity contribution is 5.94. The van der Waals surface area contributed by atoms with Crippen molar-refractivity contribution in [2.24, 2.45) is 0 Å². The zero-order valence-corrected chi connectivity index (χ0v) is 12.4. The quantitative estimate of drug-likeness (QED) is 0.752. The van der Waals surface area contributed by atoms with Crippen molar-refractivity contribution in [2.45, 2.75) is 20.5 Å². The van der Waals surface area contributed by atoms with Crippen LogP contribution in [0.15, 0.2) is 36.4 Å². The second kappa shape index (κ2) is 7.02. The molecule has 116 valence electrons. The normalized spacial score (nSPS) is 10.4. The molecule has 2 aromatic rings. The molecule has 0 aromatic heterocycles. The van der Waals surface area contributed by atoms with E-state index in [2.05, 4.69) is 0 Å². The Morgan fingerprint density at radius 3 is 2.41 bits per heavy atom. The molecule has 0 aliphatic heterocycles. The summed E-state index contributed by atoms with van der Waals surface area (Å²) < 4.78 is 37.3. The SMILES string of the molecule is CCOc1ccc(C(C)=O)cc1COc1ccc(F)cc1F. The molecule has 0 heterocycles. The summed E-state index contributed by atoms with van der Waals surface area (Å²) in [5.41, 5.74) is 1.14. The number of hydrogen-bond acceptors (Lipinski definition) is 3. The Morgan fingerprint density at radius 2 is 1.77 bits per heavy atom. The van der Waals surface area contributed by atoms with Crippen molar-refractivity contribution in [3.8, 4) is 11.5 Å². The molecule has 0 radical (unpaired) electrons. The summed E-state index contributed by atoms with van der Waals surface area (Å²) in [5.74, 6) is -1.02. The first kappa shape index (κ1) is 15.9. The molecule has 0 aliphatic carbocycles. The molecule has 22 heavy (non-hydrogen) atoms. The van der Waals surface area contributed by atoms with Gasteiger partial charge in [-0.25, -0.2) is 8.78 Å². The number of rotatable bonds is 6. The fourth-order valence-electron chi connectivity index (χ4n) is 1.96. The van der Waals surface area contributed by atoms with Gasteiger partial charge in [0, 0.05) is 17.2 Å². The van der Waals surface area contributed by atoms with E-state index in [0.29, 0.717) is 23.5 Å². The average molecular weight is 306 g/mol. The summed E-state index contributed by atoms with van der Waals surface area (Å²) in [6.45, 7) is 3.76. The molecule has 0 N–H and O–H groups in total. The lowest BCUT2D eigenvalue weighted by Crippen LogP contribution is -2.04. The first-order valence-corrected chi connectivity index (χ1v) is 6.85. The van der Waals surface area contributed by atoms with Crippen molar-refractivity contribution in [2.75, 3.05) is 6.61 Å². The number of ether oxygens (including phenoxy) is 2. The van der Waals surface area contributed by atoms with Crippen LogP contribution in [-0.4, -0.2) is 12.4 Å². The summed E-state index contributed by atoms with van der Waals surface area (Å²) in [5, 5.41) is 0. The van der Waals surface area contributed by atoms with E-state index in [-0.39, 0.29) is 18.1 Å². The summed E-state index contributed by atoms with van der Waals surface area (Å²) in [6.07, 6.45) is 0.